The van der Waals surface area contributed by atoms with Gasteiger partial charge >= 0.3 is 5.97 Å². The summed E-state index contributed by atoms with van der Waals surface area (Å²) in [6.07, 6.45) is 0.645. The van der Waals surface area contributed by atoms with Crippen LogP contribution in [0.3, 0.4) is 0 Å². The lowest BCUT2D eigenvalue weighted by molar-refractivity contribution is -0.139. The SMILES string of the molecule is CCc1nc2nc(CC(=O)OC)cc(=O)n2[nH]1. The zero-order chi connectivity index (χ0) is 12.4. The van der Waals surface area contributed by atoms with Crippen LogP contribution in [0, 0.1) is 0 Å². The molecule has 0 unspecified atom stereocenters. The van der Waals surface area contributed by atoms with Crippen molar-refractivity contribution in [2.75, 3.05) is 7.11 Å². The van der Waals surface area contributed by atoms with Gasteiger partial charge in [-0.05, 0) is 0 Å². The summed E-state index contributed by atoms with van der Waals surface area (Å²) in [7, 11) is 1.29. The minimum Gasteiger partial charge on any atom is -0.469 e. The molecule has 2 rings (SSSR count). The Labute approximate surface area is 96.4 Å². The second-order valence-corrected chi connectivity index (χ2v) is 3.50. The number of esters is 1. The Kier molecular flexibility index (Phi) is 2.90. The molecule has 0 aromatic carbocycles. The third-order valence-corrected chi connectivity index (χ3v) is 2.32. The highest BCUT2D eigenvalue weighted by atomic mass is 16.5. The molecule has 0 spiro atoms. The maximum absolute atomic E-state index is 11.7. The Hall–Kier alpha value is -2.18. The first-order valence-electron chi connectivity index (χ1n) is 5.18. The van der Waals surface area contributed by atoms with Gasteiger partial charge in [-0.15, -0.1) is 0 Å². The second kappa shape index (κ2) is 4.36. The number of nitrogens with zero attached hydrogens (tertiary/aromatic N) is 3. The molecule has 1 N–H and O–H groups in total. The van der Waals surface area contributed by atoms with Crippen molar-refractivity contribution in [2.24, 2.45) is 0 Å². The van der Waals surface area contributed by atoms with Gasteiger partial charge in [0.15, 0.2) is 0 Å². The highest BCUT2D eigenvalue weighted by Gasteiger charge is 2.10. The lowest BCUT2D eigenvalue weighted by Crippen LogP contribution is -2.17. The Balaban J connectivity index is 2.47. The van der Waals surface area contributed by atoms with Crippen molar-refractivity contribution in [1.82, 2.24) is 19.6 Å². The number of aryl methyl sites for hydroxylation is 1. The molecule has 2 aromatic heterocycles. The first-order chi connectivity index (χ1) is 8.13. The van der Waals surface area contributed by atoms with Gasteiger partial charge in [-0.3, -0.25) is 14.7 Å². The number of ether oxygens (including phenoxy) is 1. The fourth-order valence-corrected chi connectivity index (χ4v) is 1.44. The van der Waals surface area contributed by atoms with Crippen LogP contribution in [0.4, 0.5) is 0 Å². The number of H-pyrrole nitrogens is 1. The van der Waals surface area contributed by atoms with E-state index in [0.29, 0.717) is 17.9 Å². The van der Waals surface area contributed by atoms with E-state index in [1.54, 1.807) is 0 Å². The van der Waals surface area contributed by atoms with Crippen LogP contribution < -0.4 is 5.56 Å². The molecular formula is C10H12N4O3. The summed E-state index contributed by atoms with van der Waals surface area (Å²) < 4.78 is 5.77. The summed E-state index contributed by atoms with van der Waals surface area (Å²) in [5.41, 5.74) is 0.0668. The molecule has 0 aliphatic heterocycles. The molecule has 0 saturated carbocycles. The van der Waals surface area contributed by atoms with E-state index in [1.165, 1.54) is 17.7 Å². The molecule has 0 saturated heterocycles. The van der Waals surface area contributed by atoms with Crippen LogP contribution in [-0.2, 0) is 22.4 Å². The van der Waals surface area contributed by atoms with Crippen LogP contribution in [0.5, 0.6) is 0 Å². The number of aromatic amines is 1. The summed E-state index contributed by atoms with van der Waals surface area (Å²) in [6, 6.07) is 1.29. The van der Waals surface area contributed by atoms with Crippen molar-refractivity contribution in [3.8, 4) is 0 Å². The zero-order valence-electron chi connectivity index (χ0n) is 9.56. The van der Waals surface area contributed by atoms with Crippen molar-refractivity contribution in [3.05, 3.63) is 27.9 Å². The highest BCUT2D eigenvalue weighted by Crippen LogP contribution is 1.99. The quantitative estimate of drug-likeness (QED) is 0.739. The largest absolute Gasteiger partial charge is 0.469 e. The maximum Gasteiger partial charge on any atom is 0.311 e. The minimum atomic E-state index is -0.437. The number of fused-ring (bicyclic) bond motifs is 1. The molecule has 0 atom stereocenters. The van der Waals surface area contributed by atoms with Crippen LogP contribution in [-0.4, -0.2) is 32.7 Å². The zero-order valence-corrected chi connectivity index (χ0v) is 9.56. The molecule has 2 heterocycles. The Morgan fingerprint density at radius 3 is 2.94 bits per heavy atom. The van der Waals surface area contributed by atoms with E-state index in [2.05, 4.69) is 19.8 Å². The van der Waals surface area contributed by atoms with Gasteiger partial charge in [-0.25, -0.2) is 4.98 Å². The molecule has 2 aromatic rings. The Morgan fingerprint density at radius 1 is 1.53 bits per heavy atom. The summed E-state index contributed by atoms with van der Waals surface area (Å²) >= 11 is 0. The summed E-state index contributed by atoms with van der Waals surface area (Å²) in [5.74, 6) is 0.505. The number of aromatic nitrogens is 4. The van der Waals surface area contributed by atoms with E-state index in [4.69, 9.17) is 0 Å². The van der Waals surface area contributed by atoms with E-state index in [1.807, 2.05) is 6.92 Å². The van der Waals surface area contributed by atoms with E-state index >= 15 is 0 Å². The highest BCUT2D eigenvalue weighted by molar-refractivity contribution is 5.71. The van der Waals surface area contributed by atoms with Crippen molar-refractivity contribution in [3.63, 3.8) is 0 Å². The number of carbonyl (C=O) groups is 1. The predicted molar refractivity (Wildman–Crippen MR) is 58.7 cm³/mol. The molecule has 0 radical (unpaired) electrons. The lowest BCUT2D eigenvalue weighted by Gasteiger charge is -1.98. The van der Waals surface area contributed by atoms with Crippen LogP contribution in [0.25, 0.3) is 5.78 Å². The lowest BCUT2D eigenvalue weighted by atomic mass is 10.3. The first-order valence-corrected chi connectivity index (χ1v) is 5.18. The topological polar surface area (TPSA) is 89.3 Å². The molecule has 0 aliphatic carbocycles. The minimum absolute atomic E-state index is 0.0312. The third kappa shape index (κ3) is 2.17. The molecular weight excluding hydrogens is 224 g/mol. The second-order valence-electron chi connectivity index (χ2n) is 3.50. The third-order valence-electron chi connectivity index (χ3n) is 2.32. The average molecular weight is 236 g/mol. The standard InChI is InChI=1S/C10H12N4O3/c1-3-7-12-10-11-6(5-9(16)17-2)4-8(15)14(10)13-7/h4H,3,5H2,1-2H3,(H,11,12,13). The van der Waals surface area contributed by atoms with Gasteiger partial charge in [-0.1, -0.05) is 6.92 Å². The number of carbonyl (C=O) groups excluding carboxylic acids is 1. The van der Waals surface area contributed by atoms with Crippen LogP contribution in [0.15, 0.2) is 10.9 Å². The van der Waals surface area contributed by atoms with Gasteiger partial charge in [0.25, 0.3) is 11.3 Å². The monoisotopic (exact) mass is 236 g/mol. The van der Waals surface area contributed by atoms with Crippen molar-refractivity contribution in [1.29, 1.82) is 0 Å². The first kappa shape index (κ1) is 11.3. The molecule has 17 heavy (non-hydrogen) atoms. The van der Waals surface area contributed by atoms with Gasteiger partial charge in [0, 0.05) is 12.5 Å². The molecule has 7 heteroatoms. The van der Waals surface area contributed by atoms with E-state index < -0.39 is 5.97 Å². The molecule has 0 aliphatic rings. The average Bonchev–Trinajstić information content (AvgIpc) is 2.72. The number of rotatable bonds is 3. The van der Waals surface area contributed by atoms with Crippen LogP contribution in [0.1, 0.15) is 18.4 Å². The summed E-state index contributed by atoms with van der Waals surface area (Å²) in [5, 5.41) is 2.82. The Morgan fingerprint density at radius 2 is 2.29 bits per heavy atom. The fraction of sp³-hybridized carbons (Fsp3) is 0.400. The Bertz CT molecular complexity index is 614. The van der Waals surface area contributed by atoms with Gasteiger partial charge in [-0.2, -0.15) is 9.50 Å². The van der Waals surface area contributed by atoms with Crippen LogP contribution in [0.2, 0.25) is 0 Å². The molecule has 0 bridgehead atoms. The fourth-order valence-electron chi connectivity index (χ4n) is 1.44. The maximum atomic E-state index is 11.7. The van der Waals surface area contributed by atoms with Crippen LogP contribution >= 0.6 is 0 Å². The molecule has 90 valence electrons. The number of hydrogen-bond acceptors (Lipinski definition) is 5. The smallest absolute Gasteiger partial charge is 0.311 e. The van der Waals surface area contributed by atoms with Crippen molar-refractivity contribution >= 4 is 11.7 Å². The van der Waals surface area contributed by atoms with Gasteiger partial charge in [0.05, 0.1) is 19.2 Å². The number of methoxy groups -OCH3 is 1. The normalized spacial score (nSPS) is 10.7. The van der Waals surface area contributed by atoms with E-state index in [-0.39, 0.29) is 17.8 Å². The number of hydrogen-bond donors (Lipinski definition) is 1. The van der Waals surface area contributed by atoms with Gasteiger partial charge in [0.2, 0.25) is 0 Å². The summed E-state index contributed by atoms with van der Waals surface area (Å²) in [4.78, 5) is 31.0. The predicted octanol–water partition coefficient (Wildman–Crippen LogP) is -0.305. The van der Waals surface area contributed by atoms with Crippen molar-refractivity contribution < 1.29 is 9.53 Å². The van der Waals surface area contributed by atoms with Gasteiger partial charge < -0.3 is 4.74 Å². The molecule has 0 fully saturated rings. The summed E-state index contributed by atoms with van der Waals surface area (Å²) in [6.45, 7) is 1.91. The van der Waals surface area contributed by atoms with E-state index in [9.17, 15) is 9.59 Å². The molecule has 7 nitrogen and oxygen atoms in total. The number of nitrogens with one attached hydrogen (secondary N) is 1. The van der Waals surface area contributed by atoms with E-state index in [0.717, 1.165) is 0 Å². The van der Waals surface area contributed by atoms with Gasteiger partial charge in [0.1, 0.15) is 5.82 Å². The van der Waals surface area contributed by atoms with Crippen molar-refractivity contribution in [2.45, 2.75) is 19.8 Å². The molecule has 0 amide bonds.